The fraction of sp³-hybridized carbons (Fsp3) is 0.588. The van der Waals surface area contributed by atoms with E-state index in [-0.39, 0.29) is 16.5 Å². The minimum Gasteiger partial charge on any atom is -0.337 e. The summed E-state index contributed by atoms with van der Waals surface area (Å²) in [5.41, 5.74) is 0.747. The van der Waals surface area contributed by atoms with E-state index in [1.807, 2.05) is 0 Å². The molecule has 1 aromatic rings. The maximum absolute atomic E-state index is 14.1. The quantitative estimate of drug-likeness (QED) is 0.827. The maximum Gasteiger partial charge on any atom is 0.258 e. The lowest BCUT2D eigenvalue weighted by Gasteiger charge is -2.36. The summed E-state index contributed by atoms with van der Waals surface area (Å²) in [5.74, 6) is -0.818. The van der Waals surface area contributed by atoms with Gasteiger partial charge in [0, 0.05) is 45.3 Å². The van der Waals surface area contributed by atoms with Crippen LogP contribution in [0.3, 0.4) is 0 Å². The summed E-state index contributed by atoms with van der Waals surface area (Å²) in [5, 5.41) is 0.234. The molecule has 2 fully saturated rings. The van der Waals surface area contributed by atoms with Crippen LogP contribution < -0.4 is 0 Å². The first-order valence-corrected chi connectivity index (χ1v) is 8.51. The van der Waals surface area contributed by atoms with E-state index >= 15 is 0 Å². The van der Waals surface area contributed by atoms with E-state index < -0.39 is 5.82 Å². The first kappa shape index (κ1) is 16.7. The molecule has 2 aliphatic rings. The molecular formula is C17H23ClFN3O. The summed E-state index contributed by atoms with van der Waals surface area (Å²) in [6.07, 6.45) is 0.945. The number of carbonyl (C=O) groups is 1. The number of amides is 1. The fourth-order valence-electron chi connectivity index (χ4n) is 3.42. The van der Waals surface area contributed by atoms with E-state index in [9.17, 15) is 9.18 Å². The third kappa shape index (κ3) is 3.37. The van der Waals surface area contributed by atoms with Crippen molar-refractivity contribution in [1.82, 2.24) is 14.7 Å². The summed E-state index contributed by atoms with van der Waals surface area (Å²) in [6.45, 7) is 7.29. The predicted molar refractivity (Wildman–Crippen MR) is 89.5 cm³/mol. The van der Waals surface area contributed by atoms with E-state index in [1.54, 1.807) is 17.9 Å². The van der Waals surface area contributed by atoms with Gasteiger partial charge in [0.15, 0.2) is 0 Å². The van der Waals surface area contributed by atoms with Gasteiger partial charge in [0.2, 0.25) is 0 Å². The van der Waals surface area contributed by atoms with Crippen molar-refractivity contribution < 1.29 is 9.18 Å². The Morgan fingerprint density at radius 3 is 2.61 bits per heavy atom. The molecule has 1 amide bonds. The number of benzene rings is 1. The normalized spacial score (nSPS) is 23.5. The topological polar surface area (TPSA) is 26.8 Å². The summed E-state index contributed by atoms with van der Waals surface area (Å²) in [7, 11) is 2.13. The summed E-state index contributed by atoms with van der Waals surface area (Å²) >= 11 is 6.17. The number of likely N-dealkylation sites (N-methyl/N-ethyl adjacent to an activating group) is 1. The van der Waals surface area contributed by atoms with Crippen LogP contribution in [-0.2, 0) is 0 Å². The molecule has 4 nitrogen and oxygen atoms in total. The lowest BCUT2D eigenvalue weighted by Crippen LogP contribution is -2.50. The Morgan fingerprint density at radius 1 is 1.22 bits per heavy atom. The lowest BCUT2D eigenvalue weighted by molar-refractivity contribution is 0.0751. The molecule has 126 valence electrons. The van der Waals surface area contributed by atoms with Gasteiger partial charge in [0.25, 0.3) is 5.91 Å². The van der Waals surface area contributed by atoms with Crippen LogP contribution in [0.5, 0.6) is 0 Å². The van der Waals surface area contributed by atoms with Crippen molar-refractivity contribution in [3.8, 4) is 0 Å². The summed E-state index contributed by atoms with van der Waals surface area (Å²) in [4.78, 5) is 19.2. The highest BCUT2D eigenvalue weighted by Gasteiger charge is 2.33. The largest absolute Gasteiger partial charge is 0.337 e. The number of piperazine rings is 1. The van der Waals surface area contributed by atoms with Gasteiger partial charge in [-0.3, -0.25) is 9.69 Å². The van der Waals surface area contributed by atoms with Gasteiger partial charge in [0.1, 0.15) is 5.82 Å². The number of hydrogen-bond acceptors (Lipinski definition) is 3. The zero-order chi connectivity index (χ0) is 16.6. The number of carbonyl (C=O) groups excluding carboxylic acids is 1. The van der Waals surface area contributed by atoms with Crippen LogP contribution in [0.2, 0.25) is 5.02 Å². The van der Waals surface area contributed by atoms with Crippen molar-refractivity contribution in [3.05, 3.63) is 34.1 Å². The second-order valence-corrected chi connectivity index (χ2v) is 6.96. The SMILES string of the molecule is Cc1ccc(F)c(C(=O)N2CC[C@@H](N3CCN(C)CC3)C2)c1Cl. The van der Waals surface area contributed by atoms with Gasteiger partial charge in [-0.25, -0.2) is 4.39 Å². The Bertz CT molecular complexity index is 602. The standard InChI is InChI=1S/C17H23ClFN3O/c1-12-3-4-14(19)15(16(12)18)17(23)22-6-5-13(11-22)21-9-7-20(2)8-10-21/h3-4,13H,5-11H2,1-2H3/t13-/m1/s1. The smallest absolute Gasteiger partial charge is 0.258 e. The molecule has 6 heteroatoms. The van der Waals surface area contributed by atoms with Gasteiger partial charge >= 0.3 is 0 Å². The van der Waals surface area contributed by atoms with Gasteiger partial charge in [-0.15, -0.1) is 0 Å². The Kier molecular flexibility index (Phi) is 4.90. The van der Waals surface area contributed by atoms with Crippen LogP contribution in [0.4, 0.5) is 4.39 Å². The number of hydrogen-bond donors (Lipinski definition) is 0. The summed E-state index contributed by atoms with van der Waals surface area (Å²) < 4.78 is 14.1. The molecule has 0 spiro atoms. The van der Waals surface area contributed by atoms with Crippen molar-refractivity contribution in [2.75, 3.05) is 46.3 Å². The molecule has 23 heavy (non-hydrogen) atoms. The van der Waals surface area contributed by atoms with Crippen molar-refractivity contribution in [1.29, 1.82) is 0 Å². The van der Waals surface area contributed by atoms with Crippen molar-refractivity contribution in [2.45, 2.75) is 19.4 Å². The Hall–Kier alpha value is -1.17. The highest BCUT2D eigenvalue weighted by molar-refractivity contribution is 6.34. The zero-order valence-electron chi connectivity index (χ0n) is 13.7. The third-order valence-corrected chi connectivity index (χ3v) is 5.49. The third-order valence-electron chi connectivity index (χ3n) is 5.00. The average Bonchev–Trinajstić information content (AvgIpc) is 3.02. The molecule has 0 unspecified atom stereocenters. The fourth-order valence-corrected chi connectivity index (χ4v) is 3.66. The first-order valence-electron chi connectivity index (χ1n) is 8.14. The molecule has 0 saturated carbocycles. The van der Waals surface area contributed by atoms with Crippen molar-refractivity contribution >= 4 is 17.5 Å². The number of likely N-dealkylation sites (tertiary alicyclic amines) is 1. The Labute approximate surface area is 141 Å². The molecule has 2 aliphatic heterocycles. The minimum atomic E-state index is -0.534. The van der Waals surface area contributed by atoms with Gasteiger partial charge in [0.05, 0.1) is 10.6 Å². The van der Waals surface area contributed by atoms with E-state index in [4.69, 9.17) is 11.6 Å². The highest BCUT2D eigenvalue weighted by atomic mass is 35.5. The number of rotatable bonds is 2. The maximum atomic E-state index is 14.1. The Morgan fingerprint density at radius 2 is 1.91 bits per heavy atom. The number of halogens is 2. The van der Waals surface area contributed by atoms with E-state index in [0.29, 0.717) is 19.1 Å². The molecule has 2 saturated heterocycles. The van der Waals surface area contributed by atoms with Gasteiger partial charge in [-0.2, -0.15) is 0 Å². The molecular weight excluding hydrogens is 317 g/mol. The van der Waals surface area contributed by atoms with Gasteiger partial charge < -0.3 is 9.80 Å². The lowest BCUT2D eigenvalue weighted by atomic mass is 10.1. The van der Waals surface area contributed by atoms with Crippen LogP contribution >= 0.6 is 11.6 Å². The van der Waals surface area contributed by atoms with Crippen LogP contribution in [0.15, 0.2) is 12.1 Å². The van der Waals surface area contributed by atoms with Crippen LogP contribution in [0.25, 0.3) is 0 Å². The molecule has 0 aromatic heterocycles. The van der Waals surface area contributed by atoms with E-state index in [2.05, 4.69) is 16.8 Å². The number of aryl methyl sites for hydroxylation is 1. The predicted octanol–water partition coefficient (Wildman–Crippen LogP) is 2.25. The van der Waals surface area contributed by atoms with Gasteiger partial charge in [-0.05, 0) is 32.0 Å². The van der Waals surface area contributed by atoms with Crippen molar-refractivity contribution in [2.24, 2.45) is 0 Å². The molecule has 1 atom stereocenters. The molecule has 0 aliphatic carbocycles. The van der Waals surface area contributed by atoms with Crippen LogP contribution in [0.1, 0.15) is 22.3 Å². The zero-order valence-corrected chi connectivity index (χ0v) is 14.4. The average molecular weight is 340 g/mol. The second-order valence-electron chi connectivity index (χ2n) is 6.59. The first-order chi connectivity index (χ1) is 11.0. The molecule has 0 N–H and O–H groups in total. The second kappa shape index (κ2) is 6.75. The van der Waals surface area contributed by atoms with Crippen molar-refractivity contribution in [3.63, 3.8) is 0 Å². The van der Waals surface area contributed by atoms with E-state index in [1.165, 1.54) is 6.07 Å². The molecule has 1 aromatic carbocycles. The number of nitrogens with zero attached hydrogens (tertiary/aromatic N) is 3. The Balaban J connectivity index is 1.70. The van der Waals surface area contributed by atoms with Crippen LogP contribution in [-0.4, -0.2) is 73.0 Å². The molecule has 0 radical (unpaired) electrons. The van der Waals surface area contributed by atoms with Gasteiger partial charge in [-0.1, -0.05) is 17.7 Å². The molecule has 0 bridgehead atoms. The molecule has 2 heterocycles. The highest BCUT2D eigenvalue weighted by Crippen LogP contribution is 2.27. The monoisotopic (exact) mass is 339 g/mol. The van der Waals surface area contributed by atoms with Crippen LogP contribution in [0, 0.1) is 12.7 Å². The minimum absolute atomic E-state index is 0.0192. The summed E-state index contributed by atoms with van der Waals surface area (Å²) in [6, 6.07) is 3.30. The van der Waals surface area contributed by atoms with E-state index in [0.717, 1.165) is 38.2 Å². The molecule has 3 rings (SSSR count).